The van der Waals surface area contributed by atoms with Crippen LogP contribution in [0.4, 0.5) is 0 Å². The van der Waals surface area contributed by atoms with Crippen molar-refractivity contribution in [3.8, 4) is 6.07 Å². The number of nitriles is 1. The molecule has 0 saturated carbocycles. The summed E-state index contributed by atoms with van der Waals surface area (Å²) in [5.41, 5.74) is 1.33. The van der Waals surface area contributed by atoms with E-state index < -0.39 is 0 Å². The second-order valence-electron chi connectivity index (χ2n) is 4.11. The van der Waals surface area contributed by atoms with Crippen molar-refractivity contribution in [1.29, 1.82) is 5.26 Å². The Balaban J connectivity index is 2.91. The molecule has 0 radical (unpaired) electrons. The van der Waals surface area contributed by atoms with Crippen LogP contribution in [-0.4, -0.2) is 37.6 Å². The molecule has 1 aromatic rings. The molecule has 1 aromatic carbocycles. The van der Waals surface area contributed by atoms with Gasteiger partial charge in [-0.15, -0.1) is 0 Å². The average molecular weight is 281 g/mol. The van der Waals surface area contributed by atoms with Gasteiger partial charge in [-0.3, -0.25) is 4.79 Å². The van der Waals surface area contributed by atoms with Crippen molar-refractivity contribution in [2.24, 2.45) is 0 Å². The van der Waals surface area contributed by atoms with Crippen LogP contribution in [0.25, 0.3) is 0 Å². The van der Waals surface area contributed by atoms with Gasteiger partial charge in [-0.25, -0.2) is 0 Å². The minimum atomic E-state index is -0.118. The third-order valence-corrected chi connectivity index (χ3v) is 3.25. The highest BCUT2D eigenvalue weighted by atomic mass is 35.5. The summed E-state index contributed by atoms with van der Waals surface area (Å²) in [4.78, 5) is 14.0. The fraction of sp³-hybridized carbons (Fsp3) is 0.429. The summed E-state index contributed by atoms with van der Waals surface area (Å²) in [5.74, 6) is -0.118. The lowest BCUT2D eigenvalue weighted by atomic mass is 10.1. The SMILES string of the molecule is COCCN(CCC#N)C(=O)c1cccc(Cl)c1C. The molecule has 4 nitrogen and oxygen atoms in total. The van der Waals surface area contributed by atoms with Gasteiger partial charge in [0.05, 0.1) is 19.1 Å². The van der Waals surface area contributed by atoms with Crippen LogP contribution in [0, 0.1) is 18.3 Å². The molecule has 5 heteroatoms. The Labute approximate surface area is 118 Å². The van der Waals surface area contributed by atoms with Crippen LogP contribution < -0.4 is 0 Å². The molecule has 0 N–H and O–H groups in total. The monoisotopic (exact) mass is 280 g/mol. The average Bonchev–Trinajstić information content (AvgIpc) is 2.41. The second kappa shape index (κ2) is 7.78. The van der Waals surface area contributed by atoms with E-state index in [9.17, 15) is 4.79 Å². The zero-order valence-corrected chi connectivity index (χ0v) is 11.9. The molecule has 0 fully saturated rings. The van der Waals surface area contributed by atoms with E-state index in [0.29, 0.717) is 36.7 Å². The van der Waals surface area contributed by atoms with Gasteiger partial charge < -0.3 is 9.64 Å². The van der Waals surface area contributed by atoms with E-state index in [1.807, 2.05) is 13.0 Å². The smallest absolute Gasteiger partial charge is 0.254 e. The summed E-state index contributed by atoms with van der Waals surface area (Å²) < 4.78 is 4.99. The largest absolute Gasteiger partial charge is 0.383 e. The van der Waals surface area contributed by atoms with E-state index in [4.69, 9.17) is 21.6 Å². The quantitative estimate of drug-likeness (QED) is 0.805. The number of rotatable bonds is 6. The van der Waals surface area contributed by atoms with Crippen LogP contribution in [0.5, 0.6) is 0 Å². The van der Waals surface area contributed by atoms with Gasteiger partial charge in [0, 0.05) is 30.8 Å². The molecule has 0 atom stereocenters. The lowest BCUT2D eigenvalue weighted by Crippen LogP contribution is -2.35. The highest BCUT2D eigenvalue weighted by Crippen LogP contribution is 2.20. The summed E-state index contributed by atoms with van der Waals surface area (Å²) >= 11 is 6.02. The molecule has 0 unspecified atom stereocenters. The third kappa shape index (κ3) is 4.23. The molecular weight excluding hydrogens is 264 g/mol. The Morgan fingerprint density at radius 2 is 2.21 bits per heavy atom. The molecule has 0 aliphatic carbocycles. The minimum absolute atomic E-state index is 0.118. The van der Waals surface area contributed by atoms with Crippen molar-refractivity contribution < 1.29 is 9.53 Å². The van der Waals surface area contributed by atoms with Gasteiger partial charge in [0.15, 0.2) is 0 Å². The molecule has 0 aromatic heterocycles. The number of carbonyl (C=O) groups is 1. The summed E-state index contributed by atoms with van der Waals surface area (Å²) in [6.45, 7) is 3.11. The van der Waals surface area contributed by atoms with Gasteiger partial charge in [-0.1, -0.05) is 17.7 Å². The maximum Gasteiger partial charge on any atom is 0.254 e. The molecule has 19 heavy (non-hydrogen) atoms. The first-order valence-corrected chi connectivity index (χ1v) is 6.40. The highest BCUT2D eigenvalue weighted by Gasteiger charge is 2.18. The Hall–Kier alpha value is -1.57. The van der Waals surface area contributed by atoms with Crippen molar-refractivity contribution in [2.45, 2.75) is 13.3 Å². The molecule has 102 valence electrons. The Kier molecular flexibility index (Phi) is 6.34. The summed E-state index contributed by atoms with van der Waals surface area (Å²) in [7, 11) is 1.58. The zero-order valence-electron chi connectivity index (χ0n) is 11.1. The molecule has 1 rings (SSSR count). The first-order chi connectivity index (χ1) is 9.11. The molecule has 0 aliphatic rings. The molecule has 0 bridgehead atoms. The maximum absolute atomic E-state index is 12.4. The predicted molar refractivity (Wildman–Crippen MR) is 74.2 cm³/mol. The fourth-order valence-corrected chi connectivity index (χ4v) is 1.89. The molecule has 0 heterocycles. The van der Waals surface area contributed by atoms with E-state index in [-0.39, 0.29) is 5.91 Å². The Morgan fingerprint density at radius 3 is 2.84 bits per heavy atom. The van der Waals surface area contributed by atoms with Crippen molar-refractivity contribution in [2.75, 3.05) is 26.8 Å². The van der Waals surface area contributed by atoms with Gasteiger partial charge >= 0.3 is 0 Å². The van der Waals surface area contributed by atoms with Gasteiger partial charge in [-0.2, -0.15) is 5.26 Å². The lowest BCUT2D eigenvalue weighted by Gasteiger charge is -2.22. The summed E-state index contributed by atoms with van der Waals surface area (Å²) in [6, 6.07) is 7.30. The third-order valence-electron chi connectivity index (χ3n) is 2.84. The van der Waals surface area contributed by atoms with Gasteiger partial charge in [0.25, 0.3) is 5.91 Å². The van der Waals surface area contributed by atoms with Crippen LogP contribution in [0.15, 0.2) is 18.2 Å². The minimum Gasteiger partial charge on any atom is -0.383 e. The molecule has 1 amide bonds. The van der Waals surface area contributed by atoms with Gasteiger partial charge in [0.1, 0.15) is 0 Å². The van der Waals surface area contributed by atoms with E-state index >= 15 is 0 Å². The molecular formula is C14H17ClN2O2. The van der Waals surface area contributed by atoms with Gasteiger partial charge in [-0.05, 0) is 24.6 Å². The van der Waals surface area contributed by atoms with Crippen LogP contribution >= 0.6 is 11.6 Å². The van der Waals surface area contributed by atoms with Crippen LogP contribution in [0.1, 0.15) is 22.3 Å². The Morgan fingerprint density at radius 1 is 1.47 bits per heavy atom. The fourth-order valence-electron chi connectivity index (χ4n) is 1.71. The van der Waals surface area contributed by atoms with Crippen molar-refractivity contribution in [3.05, 3.63) is 34.3 Å². The number of methoxy groups -OCH3 is 1. The van der Waals surface area contributed by atoms with Crippen molar-refractivity contribution >= 4 is 17.5 Å². The molecule has 0 aliphatic heterocycles. The number of nitrogens with zero attached hydrogens (tertiary/aromatic N) is 2. The van der Waals surface area contributed by atoms with Gasteiger partial charge in [0.2, 0.25) is 0 Å². The maximum atomic E-state index is 12.4. The van der Waals surface area contributed by atoms with Crippen molar-refractivity contribution in [3.63, 3.8) is 0 Å². The van der Waals surface area contributed by atoms with E-state index in [0.717, 1.165) is 5.56 Å². The lowest BCUT2D eigenvalue weighted by molar-refractivity contribution is 0.0699. The predicted octanol–water partition coefficient (Wildman–Crippen LogP) is 2.65. The highest BCUT2D eigenvalue weighted by molar-refractivity contribution is 6.31. The normalized spacial score (nSPS) is 10.0. The second-order valence-corrected chi connectivity index (χ2v) is 4.51. The van der Waals surface area contributed by atoms with Crippen LogP contribution in [-0.2, 0) is 4.74 Å². The molecule has 0 saturated heterocycles. The number of ether oxygens (including phenoxy) is 1. The number of hydrogen-bond donors (Lipinski definition) is 0. The number of carbonyl (C=O) groups excluding carboxylic acids is 1. The topological polar surface area (TPSA) is 53.3 Å². The number of hydrogen-bond acceptors (Lipinski definition) is 3. The van der Waals surface area contributed by atoms with Crippen LogP contribution in [0.2, 0.25) is 5.02 Å². The molecule has 0 spiro atoms. The summed E-state index contributed by atoms with van der Waals surface area (Å²) in [6.07, 6.45) is 0.301. The first-order valence-electron chi connectivity index (χ1n) is 6.02. The van der Waals surface area contributed by atoms with E-state index in [1.165, 1.54) is 0 Å². The Bertz CT molecular complexity index is 483. The van der Waals surface area contributed by atoms with E-state index in [1.54, 1.807) is 30.2 Å². The number of amides is 1. The zero-order chi connectivity index (χ0) is 14.3. The summed E-state index contributed by atoms with van der Waals surface area (Å²) in [5, 5.41) is 9.22. The van der Waals surface area contributed by atoms with Crippen LogP contribution in [0.3, 0.4) is 0 Å². The van der Waals surface area contributed by atoms with E-state index in [2.05, 4.69) is 0 Å². The number of halogens is 1. The standard InChI is InChI=1S/C14H17ClN2O2/c1-11-12(5-3-6-13(11)15)14(18)17(8-4-7-16)9-10-19-2/h3,5-6H,4,8-10H2,1-2H3. The number of benzene rings is 1. The first kappa shape index (κ1) is 15.5. The van der Waals surface area contributed by atoms with Crippen molar-refractivity contribution in [1.82, 2.24) is 4.90 Å².